The van der Waals surface area contributed by atoms with E-state index in [-0.39, 0.29) is 23.6 Å². The molecule has 6 nitrogen and oxygen atoms in total. The van der Waals surface area contributed by atoms with Gasteiger partial charge >= 0.3 is 6.03 Å². The first-order chi connectivity index (χ1) is 9.89. The molecule has 1 aromatic rings. The van der Waals surface area contributed by atoms with E-state index in [9.17, 15) is 13.2 Å². The number of nitrogens with zero attached hydrogens (tertiary/aromatic N) is 2. The van der Waals surface area contributed by atoms with Crippen LogP contribution in [0.1, 0.15) is 23.4 Å². The third-order valence-electron chi connectivity index (χ3n) is 3.87. The van der Waals surface area contributed by atoms with Gasteiger partial charge in [0.2, 0.25) is 0 Å². The van der Waals surface area contributed by atoms with E-state index in [4.69, 9.17) is 0 Å². The van der Waals surface area contributed by atoms with Crippen LogP contribution < -0.4 is 5.32 Å². The summed E-state index contributed by atoms with van der Waals surface area (Å²) in [5, 5.41) is 2.88. The van der Waals surface area contributed by atoms with Crippen molar-refractivity contribution in [2.24, 2.45) is 0 Å². The van der Waals surface area contributed by atoms with Crippen LogP contribution in [0.25, 0.3) is 0 Å². The quantitative estimate of drug-likeness (QED) is 0.899. The summed E-state index contributed by atoms with van der Waals surface area (Å²) in [5.41, 5.74) is 2.82. The van der Waals surface area contributed by atoms with Crippen LogP contribution in [-0.2, 0) is 16.3 Å². The fraction of sp³-hybridized carbons (Fsp3) is 0.692. The Morgan fingerprint density at radius 2 is 2.14 bits per heavy atom. The molecule has 0 radical (unpaired) electrons. The highest BCUT2D eigenvalue weighted by Gasteiger charge is 2.28. The van der Waals surface area contributed by atoms with E-state index >= 15 is 0 Å². The largest absolute Gasteiger partial charge is 0.338 e. The number of carbonyl (C=O) groups is 1. The van der Waals surface area contributed by atoms with Gasteiger partial charge in [-0.05, 0) is 19.8 Å². The second-order valence-corrected chi connectivity index (χ2v) is 8.58. The summed E-state index contributed by atoms with van der Waals surface area (Å²) in [6, 6.07) is -0.125. The van der Waals surface area contributed by atoms with Gasteiger partial charge in [0, 0.05) is 30.9 Å². The predicted octanol–water partition coefficient (Wildman–Crippen LogP) is 1.21. The lowest BCUT2D eigenvalue weighted by atomic mass is 10.1. The number of sulfone groups is 1. The highest BCUT2D eigenvalue weighted by atomic mass is 32.2. The lowest BCUT2D eigenvalue weighted by Crippen LogP contribution is -2.47. The number of rotatable bonds is 4. The molecule has 21 heavy (non-hydrogen) atoms. The van der Waals surface area contributed by atoms with Crippen LogP contribution in [-0.4, -0.2) is 55.5 Å². The number of thiazole rings is 1. The van der Waals surface area contributed by atoms with E-state index in [1.54, 1.807) is 28.8 Å². The van der Waals surface area contributed by atoms with Crippen LogP contribution in [0.3, 0.4) is 0 Å². The molecule has 2 heterocycles. The molecule has 118 valence electrons. The average molecular weight is 331 g/mol. The first-order valence-electron chi connectivity index (χ1n) is 6.99. The summed E-state index contributed by atoms with van der Waals surface area (Å²) in [4.78, 5) is 19.1. The molecule has 0 aliphatic carbocycles. The van der Waals surface area contributed by atoms with Gasteiger partial charge in [0.15, 0.2) is 0 Å². The Kier molecular flexibility index (Phi) is 5.21. The van der Waals surface area contributed by atoms with Gasteiger partial charge in [-0.15, -0.1) is 11.3 Å². The van der Waals surface area contributed by atoms with Gasteiger partial charge in [0.05, 0.1) is 22.7 Å². The molecule has 0 spiro atoms. The number of urea groups is 1. The smallest absolute Gasteiger partial charge is 0.317 e. The van der Waals surface area contributed by atoms with E-state index in [0.29, 0.717) is 19.4 Å². The number of hydrogen-bond acceptors (Lipinski definition) is 5. The third-order valence-corrected chi connectivity index (χ3v) is 6.58. The minimum atomic E-state index is -2.89. The predicted molar refractivity (Wildman–Crippen MR) is 83.4 cm³/mol. The normalized spacial score (nSPS) is 18.4. The molecule has 2 amide bonds. The molecule has 0 unspecified atom stereocenters. The zero-order valence-corrected chi connectivity index (χ0v) is 14.0. The highest BCUT2D eigenvalue weighted by Crippen LogP contribution is 2.17. The zero-order valence-electron chi connectivity index (χ0n) is 12.3. The van der Waals surface area contributed by atoms with Gasteiger partial charge in [-0.1, -0.05) is 0 Å². The Hall–Kier alpha value is -1.15. The first-order valence-corrected chi connectivity index (χ1v) is 9.69. The fourth-order valence-electron chi connectivity index (χ4n) is 2.40. The van der Waals surface area contributed by atoms with E-state index in [1.165, 1.54) is 4.88 Å². The standard InChI is InChI=1S/C13H21N3O3S2/c1-10-12(20-9-15-10)3-6-14-13(17)16(2)11-4-7-21(18,19)8-5-11/h9,11H,3-8H2,1-2H3,(H,14,17). The maximum Gasteiger partial charge on any atom is 0.317 e. The van der Waals surface area contributed by atoms with E-state index in [1.807, 2.05) is 6.92 Å². The number of amides is 2. The van der Waals surface area contributed by atoms with Gasteiger partial charge < -0.3 is 10.2 Å². The molecule has 8 heteroatoms. The van der Waals surface area contributed by atoms with Crippen LogP contribution in [0.4, 0.5) is 4.79 Å². The van der Waals surface area contributed by atoms with E-state index in [0.717, 1.165) is 12.1 Å². The summed E-state index contributed by atoms with van der Waals surface area (Å²) in [7, 11) is -1.16. The molecular formula is C13H21N3O3S2. The zero-order chi connectivity index (χ0) is 15.5. The number of hydrogen-bond donors (Lipinski definition) is 1. The Labute approximate surface area is 129 Å². The van der Waals surface area contributed by atoms with Crippen molar-refractivity contribution in [2.75, 3.05) is 25.1 Å². The second kappa shape index (κ2) is 6.74. The van der Waals surface area contributed by atoms with Crippen LogP contribution >= 0.6 is 11.3 Å². The Bertz CT molecular complexity index is 584. The van der Waals surface area contributed by atoms with Crippen molar-refractivity contribution < 1.29 is 13.2 Å². The summed E-state index contributed by atoms with van der Waals surface area (Å²) in [5.74, 6) is 0.352. The molecule has 1 N–H and O–H groups in total. The first kappa shape index (κ1) is 16.2. The highest BCUT2D eigenvalue weighted by molar-refractivity contribution is 7.91. The van der Waals surface area contributed by atoms with Crippen LogP contribution in [0.2, 0.25) is 0 Å². The summed E-state index contributed by atoms with van der Waals surface area (Å²) >= 11 is 1.59. The fourth-order valence-corrected chi connectivity index (χ4v) is 4.65. The van der Waals surface area contributed by atoms with Gasteiger partial charge in [-0.3, -0.25) is 0 Å². The molecule has 0 aromatic carbocycles. The lowest BCUT2D eigenvalue weighted by molar-refractivity contribution is 0.186. The maximum absolute atomic E-state index is 12.1. The lowest BCUT2D eigenvalue weighted by Gasteiger charge is -2.31. The van der Waals surface area contributed by atoms with Crippen molar-refractivity contribution in [3.05, 3.63) is 16.1 Å². The minimum Gasteiger partial charge on any atom is -0.338 e. The van der Waals surface area contributed by atoms with E-state index in [2.05, 4.69) is 10.3 Å². The molecule has 2 rings (SSSR count). The van der Waals surface area contributed by atoms with Crippen molar-refractivity contribution in [3.8, 4) is 0 Å². The van der Waals surface area contributed by atoms with Gasteiger partial charge in [0.1, 0.15) is 9.84 Å². The Morgan fingerprint density at radius 1 is 1.48 bits per heavy atom. The minimum absolute atomic E-state index is 0.0127. The monoisotopic (exact) mass is 331 g/mol. The summed E-state index contributed by atoms with van der Waals surface area (Å²) < 4.78 is 22.8. The summed E-state index contributed by atoms with van der Waals surface area (Å²) in [6.45, 7) is 2.53. The Balaban J connectivity index is 1.76. The van der Waals surface area contributed by atoms with Crippen LogP contribution in [0, 0.1) is 6.92 Å². The van der Waals surface area contributed by atoms with E-state index < -0.39 is 9.84 Å². The second-order valence-electron chi connectivity index (χ2n) is 5.34. The topological polar surface area (TPSA) is 79.4 Å². The van der Waals surface area contributed by atoms with Crippen molar-refractivity contribution in [1.82, 2.24) is 15.2 Å². The van der Waals surface area contributed by atoms with Crippen molar-refractivity contribution in [2.45, 2.75) is 32.2 Å². The number of aryl methyl sites for hydroxylation is 1. The maximum atomic E-state index is 12.1. The molecule has 0 bridgehead atoms. The number of nitrogens with one attached hydrogen (secondary N) is 1. The molecule has 0 atom stereocenters. The van der Waals surface area contributed by atoms with Crippen LogP contribution in [0.5, 0.6) is 0 Å². The molecule has 1 aromatic heterocycles. The van der Waals surface area contributed by atoms with Gasteiger partial charge in [-0.25, -0.2) is 18.2 Å². The molecule has 1 aliphatic rings. The summed E-state index contributed by atoms with van der Waals surface area (Å²) in [6.07, 6.45) is 1.83. The van der Waals surface area contributed by atoms with Crippen molar-refractivity contribution in [1.29, 1.82) is 0 Å². The van der Waals surface area contributed by atoms with Crippen LogP contribution in [0.15, 0.2) is 5.51 Å². The third kappa shape index (κ3) is 4.41. The molecule has 1 fully saturated rings. The van der Waals surface area contributed by atoms with Gasteiger partial charge in [-0.2, -0.15) is 0 Å². The van der Waals surface area contributed by atoms with Crippen molar-refractivity contribution in [3.63, 3.8) is 0 Å². The number of carbonyl (C=O) groups excluding carboxylic acids is 1. The molecule has 0 saturated carbocycles. The van der Waals surface area contributed by atoms with Gasteiger partial charge in [0.25, 0.3) is 0 Å². The molecule has 1 saturated heterocycles. The SMILES string of the molecule is Cc1ncsc1CCNC(=O)N(C)C1CCS(=O)(=O)CC1. The average Bonchev–Trinajstić information content (AvgIpc) is 2.83. The Morgan fingerprint density at radius 3 is 2.71 bits per heavy atom. The molecular weight excluding hydrogens is 310 g/mol. The number of aromatic nitrogens is 1. The molecule has 1 aliphatic heterocycles. The van der Waals surface area contributed by atoms with Crippen molar-refractivity contribution >= 4 is 27.2 Å².